The summed E-state index contributed by atoms with van der Waals surface area (Å²) in [4.78, 5) is 31.6. The molecule has 1 aromatic rings. The van der Waals surface area contributed by atoms with E-state index < -0.39 is 0 Å². The second-order valence-electron chi connectivity index (χ2n) is 8.60. The van der Waals surface area contributed by atoms with Gasteiger partial charge in [0.1, 0.15) is 5.75 Å². The van der Waals surface area contributed by atoms with E-state index in [1.165, 1.54) is 0 Å². The molecular weight excluding hydrogens is 418 g/mol. The van der Waals surface area contributed by atoms with Gasteiger partial charge in [0.05, 0.1) is 13.2 Å². The Morgan fingerprint density at radius 3 is 2.19 bits per heavy atom. The van der Waals surface area contributed by atoms with Crippen LogP contribution in [0.2, 0.25) is 5.02 Å². The van der Waals surface area contributed by atoms with Crippen LogP contribution in [-0.2, 0) is 14.3 Å². The number of hydrogen-bond donors (Lipinski definition) is 0. The molecule has 8 heteroatoms. The van der Waals surface area contributed by atoms with Gasteiger partial charge >= 0.3 is 0 Å². The number of piperidine rings is 2. The van der Waals surface area contributed by atoms with Crippen molar-refractivity contribution < 1.29 is 19.1 Å². The normalized spacial score (nSPS) is 21.8. The first-order chi connectivity index (χ1) is 15.1. The molecule has 0 saturated carbocycles. The highest BCUT2D eigenvalue weighted by Crippen LogP contribution is 2.25. The van der Waals surface area contributed by atoms with E-state index in [4.69, 9.17) is 21.1 Å². The van der Waals surface area contributed by atoms with Crippen molar-refractivity contribution in [1.82, 2.24) is 14.7 Å². The third-order valence-electron chi connectivity index (χ3n) is 6.71. The molecule has 1 aromatic carbocycles. The third-order valence-corrected chi connectivity index (χ3v) is 6.96. The van der Waals surface area contributed by atoms with Gasteiger partial charge in [-0.25, -0.2) is 0 Å². The van der Waals surface area contributed by atoms with Crippen LogP contribution in [0, 0.1) is 5.92 Å². The summed E-state index contributed by atoms with van der Waals surface area (Å²) in [6.07, 6.45) is 3.83. The second kappa shape index (κ2) is 10.7. The summed E-state index contributed by atoms with van der Waals surface area (Å²) < 4.78 is 11.0. The van der Waals surface area contributed by atoms with Crippen LogP contribution in [0.25, 0.3) is 0 Å². The number of benzene rings is 1. The van der Waals surface area contributed by atoms with Crippen molar-refractivity contribution >= 4 is 23.4 Å². The summed E-state index contributed by atoms with van der Waals surface area (Å²) in [6.45, 7) is 6.30. The highest BCUT2D eigenvalue weighted by molar-refractivity contribution is 6.30. The Labute approximate surface area is 189 Å². The molecule has 170 valence electrons. The Hall–Kier alpha value is -1.83. The highest BCUT2D eigenvalue weighted by atomic mass is 35.5. The lowest BCUT2D eigenvalue weighted by molar-refractivity contribution is -0.142. The van der Waals surface area contributed by atoms with Gasteiger partial charge in [0.25, 0.3) is 5.91 Å². The van der Waals surface area contributed by atoms with E-state index >= 15 is 0 Å². The number of rotatable bonds is 5. The summed E-state index contributed by atoms with van der Waals surface area (Å²) in [5.74, 6) is 1.15. The lowest BCUT2D eigenvalue weighted by atomic mass is 9.92. The first-order valence-electron chi connectivity index (χ1n) is 11.4. The fraction of sp³-hybridized carbons (Fsp3) is 0.652. The molecule has 0 unspecified atom stereocenters. The van der Waals surface area contributed by atoms with Crippen molar-refractivity contribution in [2.45, 2.75) is 31.7 Å². The van der Waals surface area contributed by atoms with E-state index in [0.717, 1.165) is 65.0 Å². The summed E-state index contributed by atoms with van der Waals surface area (Å²) in [7, 11) is 0. The quantitative estimate of drug-likeness (QED) is 0.690. The molecule has 0 atom stereocenters. The van der Waals surface area contributed by atoms with E-state index in [9.17, 15) is 9.59 Å². The molecule has 3 aliphatic rings. The number of ether oxygens (including phenoxy) is 2. The molecule has 0 aliphatic carbocycles. The molecule has 2 amide bonds. The first-order valence-corrected chi connectivity index (χ1v) is 11.7. The van der Waals surface area contributed by atoms with Gasteiger partial charge in [-0.3, -0.25) is 9.59 Å². The van der Waals surface area contributed by atoms with Crippen LogP contribution >= 0.6 is 11.6 Å². The Balaban J connectivity index is 1.16. The Kier molecular flexibility index (Phi) is 7.69. The van der Waals surface area contributed by atoms with Gasteiger partial charge in [-0.05, 0) is 63.0 Å². The molecule has 0 aromatic heterocycles. The van der Waals surface area contributed by atoms with Crippen LogP contribution in [0.3, 0.4) is 0 Å². The predicted octanol–water partition coefficient (Wildman–Crippen LogP) is 2.28. The lowest BCUT2D eigenvalue weighted by Crippen LogP contribution is -2.51. The van der Waals surface area contributed by atoms with Crippen LogP contribution in [-0.4, -0.2) is 91.6 Å². The Morgan fingerprint density at radius 1 is 0.903 bits per heavy atom. The average Bonchev–Trinajstić information content (AvgIpc) is 2.84. The SMILES string of the molecule is O=C(COc1ccc(Cl)cc1)N1CCC(N2CCC(C(=O)N3CCOCC3)CC2)CC1. The molecule has 3 heterocycles. The number of carbonyl (C=O) groups excluding carboxylic acids is 2. The summed E-state index contributed by atoms with van der Waals surface area (Å²) >= 11 is 5.87. The average molecular weight is 450 g/mol. The minimum Gasteiger partial charge on any atom is -0.484 e. The van der Waals surface area contributed by atoms with E-state index in [2.05, 4.69) is 4.90 Å². The van der Waals surface area contributed by atoms with E-state index in [0.29, 0.717) is 35.9 Å². The number of halogens is 1. The molecule has 3 aliphatic heterocycles. The maximum atomic E-state index is 12.7. The van der Waals surface area contributed by atoms with E-state index in [-0.39, 0.29) is 18.4 Å². The van der Waals surface area contributed by atoms with Crippen molar-refractivity contribution in [3.05, 3.63) is 29.3 Å². The fourth-order valence-electron chi connectivity index (χ4n) is 4.80. The zero-order valence-corrected chi connectivity index (χ0v) is 18.8. The van der Waals surface area contributed by atoms with Gasteiger partial charge in [-0.1, -0.05) is 11.6 Å². The molecular formula is C23H32ClN3O4. The van der Waals surface area contributed by atoms with Crippen LogP contribution < -0.4 is 4.74 Å². The molecule has 7 nitrogen and oxygen atoms in total. The van der Waals surface area contributed by atoms with Crippen molar-refractivity contribution in [2.24, 2.45) is 5.92 Å². The van der Waals surface area contributed by atoms with E-state index in [1.807, 2.05) is 9.80 Å². The van der Waals surface area contributed by atoms with Crippen molar-refractivity contribution in [3.63, 3.8) is 0 Å². The van der Waals surface area contributed by atoms with Gasteiger partial charge in [0.15, 0.2) is 6.61 Å². The maximum Gasteiger partial charge on any atom is 0.260 e. The lowest BCUT2D eigenvalue weighted by Gasteiger charge is -2.42. The molecule has 31 heavy (non-hydrogen) atoms. The van der Waals surface area contributed by atoms with Crippen molar-refractivity contribution in [3.8, 4) is 5.75 Å². The number of morpholine rings is 1. The minimum absolute atomic E-state index is 0.0308. The zero-order valence-electron chi connectivity index (χ0n) is 18.0. The summed E-state index contributed by atoms with van der Waals surface area (Å²) in [6, 6.07) is 7.56. The molecule has 0 radical (unpaired) electrons. The largest absolute Gasteiger partial charge is 0.484 e. The maximum absolute atomic E-state index is 12.7. The van der Waals surface area contributed by atoms with Crippen LogP contribution in [0.4, 0.5) is 0 Å². The smallest absolute Gasteiger partial charge is 0.260 e. The van der Waals surface area contributed by atoms with Crippen LogP contribution in [0.5, 0.6) is 5.75 Å². The van der Waals surface area contributed by atoms with Crippen molar-refractivity contribution in [1.29, 1.82) is 0 Å². The molecule has 3 saturated heterocycles. The molecule has 4 rings (SSSR count). The topological polar surface area (TPSA) is 62.3 Å². The Bertz CT molecular complexity index is 738. The van der Waals surface area contributed by atoms with Gasteiger partial charge in [0, 0.05) is 43.2 Å². The van der Waals surface area contributed by atoms with E-state index in [1.54, 1.807) is 24.3 Å². The number of carbonyl (C=O) groups is 2. The van der Waals surface area contributed by atoms with Crippen LogP contribution in [0.1, 0.15) is 25.7 Å². The molecule has 3 fully saturated rings. The third kappa shape index (κ3) is 5.90. The molecule has 0 N–H and O–H groups in total. The predicted molar refractivity (Wildman–Crippen MR) is 118 cm³/mol. The highest BCUT2D eigenvalue weighted by Gasteiger charge is 2.33. The monoisotopic (exact) mass is 449 g/mol. The minimum atomic E-state index is 0.0308. The number of nitrogens with zero attached hydrogens (tertiary/aromatic N) is 3. The number of amides is 2. The second-order valence-corrected chi connectivity index (χ2v) is 9.04. The summed E-state index contributed by atoms with van der Waals surface area (Å²) in [5, 5.41) is 0.648. The zero-order chi connectivity index (χ0) is 21.6. The van der Waals surface area contributed by atoms with Gasteiger partial charge in [-0.2, -0.15) is 0 Å². The van der Waals surface area contributed by atoms with Crippen molar-refractivity contribution in [2.75, 3.05) is 59.1 Å². The molecule has 0 spiro atoms. The van der Waals surface area contributed by atoms with Gasteiger partial charge < -0.3 is 24.2 Å². The number of hydrogen-bond acceptors (Lipinski definition) is 5. The standard InChI is InChI=1S/C23H32ClN3O4/c24-19-1-3-21(4-2-19)31-17-22(28)26-11-7-20(8-12-26)25-9-5-18(6-10-25)23(29)27-13-15-30-16-14-27/h1-4,18,20H,5-17H2. The number of likely N-dealkylation sites (tertiary alicyclic amines) is 2. The summed E-state index contributed by atoms with van der Waals surface area (Å²) in [5.41, 5.74) is 0. The Morgan fingerprint density at radius 2 is 1.55 bits per heavy atom. The molecule has 0 bridgehead atoms. The first kappa shape index (κ1) is 22.4. The fourth-order valence-corrected chi connectivity index (χ4v) is 4.93. The van der Waals surface area contributed by atoms with Gasteiger partial charge in [-0.15, -0.1) is 0 Å². The van der Waals surface area contributed by atoms with Gasteiger partial charge in [0.2, 0.25) is 5.91 Å². The van der Waals surface area contributed by atoms with Crippen LogP contribution in [0.15, 0.2) is 24.3 Å².